The Bertz CT molecular complexity index is 1540. The van der Waals surface area contributed by atoms with E-state index in [0.29, 0.717) is 0 Å². The molecule has 212 valence electrons. The standard InChI is InChI=1S/C31H32IN5O4/c1-31(28(32)24-19-34-25-12-6-5-11-23(24)25,36-29(38)21-14-16-22(17-15-21)37(40)41)30(39)35-27(20-9-3-2-4-10-20)26-13-7-8-18-33-26/h5-8,11-20,27-28,34H,2-4,9-10H2,1H3,(H,35,39)(H,36,38)/t27?,28?,31-/m1/s1. The van der Waals surface area contributed by atoms with E-state index >= 15 is 0 Å². The third-order valence-electron chi connectivity index (χ3n) is 8.00. The van der Waals surface area contributed by atoms with Gasteiger partial charge in [-0.1, -0.05) is 66.1 Å². The van der Waals surface area contributed by atoms with Crippen molar-refractivity contribution in [2.24, 2.45) is 5.92 Å². The molecule has 9 nitrogen and oxygen atoms in total. The molecule has 10 heteroatoms. The largest absolute Gasteiger partial charge is 0.361 e. The zero-order chi connectivity index (χ0) is 29.0. The Morgan fingerprint density at radius 3 is 2.44 bits per heavy atom. The fourth-order valence-corrected chi connectivity index (χ4v) is 6.60. The maximum Gasteiger partial charge on any atom is 0.269 e. The number of fused-ring (bicyclic) bond motifs is 1. The summed E-state index contributed by atoms with van der Waals surface area (Å²) in [4.78, 5) is 46.4. The Balaban J connectivity index is 1.51. The van der Waals surface area contributed by atoms with Gasteiger partial charge in [-0.3, -0.25) is 24.7 Å². The van der Waals surface area contributed by atoms with Crippen LogP contribution in [0.25, 0.3) is 10.9 Å². The number of benzene rings is 2. The lowest BCUT2D eigenvalue weighted by Gasteiger charge is -2.38. The number of H-pyrrole nitrogens is 1. The molecule has 3 atom stereocenters. The molecule has 4 aromatic rings. The van der Waals surface area contributed by atoms with E-state index in [0.717, 1.165) is 47.8 Å². The van der Waals surface area contributed by atoms with Crippen LogP contribution in [-0.4, -0.2) is 32.2 Å². The molecule has 2 amide bonds. The second-order valence-electron chi connectivity index (χ2n) is 10.7. The molecule has 2 aromatic heterocycles. The molecule has 0 spiro atoms. The van der Waals surface area contributed by atoms with Gasteiger partial charge < -0.3 is 15.6 Å². The summed E-state index contributed by atoms with van der Waals surface area (Å²) in [6, 6.07) is 18.6. The monoisotopic (exact) mass is 665 g/mol. The second-order valence-corrected chi connectivity index (χ2v) is 12.0. The third-order valence-corrected chi connectivity index (χ3v) is 9.92. The van der Waals surface area contributed by atoms with E-state index in [9.17, 15) is 19.7 Å². The van der Waals surface area contributed by atoms with Gasteiger partial charge in [-0.2, -0.15) is 0 Å². The van der Waals surface area contributed by atoms with Crippen LogP contribution in [0.1, 0.15) is 70.6 Å². The van der Waals surface area contributed by atoms with E-state index in [4.69, 9.17) is 0 Å². The normalized spacial score (nSPS) is 16.8. The summed E-state index contributed by atoms with van der Waals surface area (Å²) in [5.74, 6) is -0.581. The van der Waals surface area contributed by atoms with E-state index in [1.807, 2.05) is 48.7 Å². The zero-order valence-electron chi connectivity index (χ0n) is 22.7. The molecule has 2 unspecified atom stereocenters. The first-order valence-corrected chi connectivity index (χ1v) is 15.0. The number of carbonyl (C=O) groups is 2. The van der Waals surface area contributed by atoms with Crippen LogP contribution in [0.5, 0.6) is 0 Å². The molecule has 2 heterocycles. The van der Waals surface area contributed by atoms with Crippen molar-refractivity contribution in [3.63, 3.8) is 0 Å². The van der Waals surface area contributed by atoms with Crippen molar-refractivity contribution in [1.82, 2.24) is 20.6 Å². The van der Waals surface area contributed by atoms with Gasteiger partial charge in [0.25, 0.3) is 11.6 Å². The van der Waals surface area contributed by atoms with E-state index in [-0.39, 0.29) is 29.1 Å². The first-order chi connectivity index (χ1) is 19.8. The van der Waals surface area contributed by atoms with E-state index in [1.54, 1.807) is 13.1 Å². The molecule has 0 saturated heterocycles. The van der Waals surface area contributed by atoms with Crippen LogP contribution in [0.3, 0.4) is 0 Å². The van der Waals surface area contributed by atoms with Gasteiger partial charge in [0.05, 0.1) is 20.6 Å². The molecule has 0 aliphatic heterocycles. The highest BCUT2D eigenvalue weighted by Gasteiger charge is 2.45. The maximum atomic E-state index is 14.4. The summed E-state index contributed by atoms with van der Waals surface area (Å²) >= 11 is 2.23. The van der Waals surface area contributed by atoms with Gasteiger partial charge in [0.15, 0.2) is 0 Å². The van der Waals surface area contributed by atoms with Crippen LogP contribution in [0.2, 0.25) is 0 Å². The smallest absolute Gasteiger partial charge is 0.269 e. The number of para-hydroxylation sites is 1. The van der Waals surface area contributed by atoms with Crippen molar-refractivity contribution in [3.8, 4) is 0 Å². The van der Waals surface area contributed by atoms with Crippen molar-refractivity contribution in [2.75, 3.05) is 0 Å². The average Bonchev–Trinajstić information content (AvgIpc) is 3.44. The fraction of sp³-hybridized carbons (Fsp3) is 0.323. The molecule has 41 heavy (non-hydrogen) atoms. The zero-order valence-corrected chi connectivity index (χ0v) is 24.8. The summed E-state index contributed by atoms with van der Waals surface area (Å²) in [6.07, 6.45) is 8.97. The number of halogens is 1. The number of alkyl halides is 1. The number of nitrogens with one attached hydrogen (secondary N) is 3. The van der Waals surface area contributed by atoms with Gasteiger partial charge in [-0.25, -0.2) is 0 Å². The number of nitro benzene ring substituents is 1. The number of pyridine rings is 1. The number of hydrogen-bond acceptors (Lipinski definition) is 5. The predicted molar refractivity (Wildman–Crippen MR) is 166 cm³/mol. The Kier molecular flexibility index (Phi) is 8.67. The summed E-state index contributed by atoms with van der Waals surface area (Å²) < 4.78 is -0.464. The minimum atomic E-state index is -1.38. The van der Waals surface area contributed by atoms with Crippen LogP contribution in [-0.2, 0) is 4.79 Å². The number of non-ortho nitro benzene ring substituents is 1. The highest BCUT2D eigenvalue weighted by Crippen LogP contribution is 2.40. The quantitative estimate of drug-likeness (QED) is 0.0806. The molecule has 1 saturated carbocycles. The number of nitrogens with zero attached hydrogens (tertiary/aromatic N) is 2. The van der Waals surface area contributed by atoms with Crippen molar-refractivity contribution in [1.29, 1.82) is 0 Å². The van der Waals surface area contributed by atoms with Crippen molar-refractivity contribution in [2.45, 2.75) is 54.5 Å². The summed E-state index contributed by atoms with van der Waals surface area (Å²) in [5.41, 5.74) is 1.35. The van der Waals surface area contributed by atoms with Crippen LogP contribution in [0.4, 0.5) is 5.69 Å². The minimum absolute atomic E-state index is 0.113. The highest BCUT2D eigenvalue weighted by molar-refractivity contribution is 14.1. The van der Waals surface area contributed by atoms with Gasteiger partial charge >= 0.3 is 0 Å². The first kappa shape index (κ1) is 28.7. The van der Waals surface area contributed by atoms with Crippen molar-refractivity contribution >= 4 is 51.0 Å². The molecular weight excluding hydrogens is 633 g/mol. The molecule has 1 aliphatic carbocycles. The van der Waals surface area contributed by atoms with Gasteiger partial charge in [0.2, 0.25) is 5.91 Å². The van der Waals surface area contributed by atoms with E-state index in [1.165, 1.54) is 30.7 Å². The summed E-state index contributed by atoms with van der Waals surface area (Å²) in [5, 5.41) is 18.4. The lowest BCUT2D eigenvalue weighted by atomic mass is 9.81. The number of amides is 2. The fourth-order valence-electron chi connectivity index (χ4n) is 5.64. The first-order valence-electron chi connectivity index (χ1n) is 13.8. The highest BCUT2D eigenvalue weighted by atomic mass is 127. The molecule has 0 radical (unpaired) electrons. The average molecular weight is 666 g/mol. The second kappa shape index (κ2) is 12.4. The van der Waals surface area contributed by atoms with Crippen LogP contribution in [0.15, 0.2) is 79.1 Å². The number of carbonyl (C=O) groups excluding carboxylic acids is 2. The lowest BCUT2D eigenvalue weighted by molar-refractivity contribution is -0.384. The summed E-state index contributed by atoms with van der Waals surface area (Å²) in [7, 11) is 0. The van der Waals surface area contributed by atoms with Gasteiger partial charge in [0, 0.05) is 41.0 Å². The van der Waals surface area contributed by atoms with Crippen molar-refractivity contribution in [3.05, 3.63) is 106 Å². The third kappa shape index (κ3) is 6.12. The molecule has 1 fully saturated rings. The maximum absolute atomic E-state index is 14.4. The van der Waals surface area contributed by atoms with Gasteiger partial charge in [-0.15, -0.1) is 0 Å². The summed E-state index contributed by atoms with van der Waals surface area (Å²) in [6.45, 7) is 1.74. The predicted octanol–water partition coefficient (Wildman–Crippen LogP) is 6.57. The number of rotatable bonds is 9. The minimum Gasteiger partial charge on any atom is -0.361 e. The van der Waals surface area contributed by atoms with E-state index < -0.39 is 20.3 Å². The number of aromatic nitrogens is 2. The molecule has 0 bridgehead atoms. The van der Waals surface area contributed by atoms with Gasteiger partial charge in [-0.05, 0) is 61.6 Å². The SMILES string of the molecule is C[C@](NC(=O)c1ccc([N+](=O)[O-])cc1)(C(=O)NC(c1ccccn1)C1CCCCC1)C(I)c1c[nH]c2ccccc12. The number of aromatic amines is 1. The van der Waals surface area contributed by atoms with Crippen LogP contribution >= 0.6 is 22.6 Å². The Hall–Kier alpha value is -3.80. The van der Waals surface area contributed by atoms with Crippen molar-refractivity contribution < 1.29 is 14.5 Å². The van der Waals surface area contributed by atoms with Gasteiger partial charge in [0.1, 0.15) is 5.54 Å². The molecule has 5 rings (SSSR count). The van der Waals surface area contributed by atoms with Crippen LogP contribution in [0, 0.1) is 16.0 Å². The molecule has 1 aliphatic rings. The lowest BCUT2D eigenvalue weighted by Crippen LogP contribution is -2.60. The molecular formula is C31H32IN5O4. The number of nitro groups is 1. The van der Waals surface area contributed by atoms with Crippen LogP contribution < -0.4 is 10.6 Å². The number of hydrogen-bond donors (Lipinski definition) is 3. The Morgan fingerprint density at radius 1 is 1.05 bits per heavy atom. The Labute approximate surface area is 251 Å². The molecule has 3 N–H and O–H groups in total. The molecule has 2 aromatic carbocycles. The van der Waals surface area contributed by atoms with E-state index in [2.05, 4.69) is 43.2 Å². The Morgan fingerprint density at radius 2 is 1.76 bits per heavy atom. The topological polar surface area (TPSA) is 130 Å².